The van der Waals surface area contributed by atoms with Crippen LogP contribution in [0, 0.1) is 0 Å². The number of rotatable bonds is 4. The average Bonchev–Trinajstić information content (AvgIpc) is 2.54. The molecule has 0 aromatic heterocycles. The molecule has 3 nitrogen and oxygen atoms in total. The predicted molar refractivity (Wildman–Crippen MR) is 90.0 cm³/mol. The van der Waals surface area contributed by atoms with Crippen LogP contribution in [-0.4, -0.2) is 12.4 Å². The Labute approximate surface area is 131 Å². The van der Waals surface area contributed by atoms with Crippen LogP contribution in [0.4, 0.5) is 5.69 Å². The van der Waals surface area contributed by atoms with E-state index in [9.17, 15) is 4.79 Å². The molecule has 2 N–H and O–H groups in total. The average molecular weight is 295 g/mol. The number of ether oxygens (including phenoxy) is 1. The van der Waals surface area contributed by atoms with E-state index in [-0.39, 0.29) is 5.78 Å². The van der Waals surface area contributed by atoms with E-state index in [2.05, 4.69) is 13.5 Å². The molecule has 0 unspecified atom stereocenters. The van der Waals surface area contributed by atoms with Crippen LogP contribution in [0.15, 0.2) is 42.0 Å². The Balaban J connectivity index is 2.10. The molecular weight excluding hydrogens is 274 g/mol. The van der Waals surface area contributed by atoms with Gasteiger partial charge in [0.05, 0.1) is 12.2 Å². The summed E-state index contributed by atoms with van der Waals surface area (Å²) >= 11 is 0. The van der Waals surface area contributed by atoms with Gasteiger partial charge in [-0.2, -0.15) is 0 Å². The highest BCUT2D eigenvalue weighted by Crippen LogP contribution is 2.45. The van der Waals surface area contributed by atoms with Gasteiger partial charge in [-0.25, -0.2) is 0 Å². The lowest BCUT2D eigenvalue weighted by molar-refractivity contribution is 0.103. The number of carbonyl (C=O) groups is 1. The molecule has 0 radical (unpaired) electrons. The molecule has 1 aromatic rings. The molecule has 0 heterocycles. The van der Waals surface area contributed by atoms with Crippen molar-refractivity contribution in [3.8, 4) is 5.75 Å². The summed E-state index contributed by atoms with van der Waals surface area (Å²) in [6.45, 7) is 6.98. The summed E-state index contributed by atoms with van der Waals surface area (Å²) in [7, 11) is 0. The van der Waals surface area contributed by atoms with Gasteiger partial charge in [0.25, 0.3) is 0 Å². The van der Waals surface area contributed by atoms with Crippen molar-refractivity contribution in [2.75, 3.05) is 12.3 Å². The number of ketones is 1. The van der Waals surface area contributed by atoms with Gasteiger partial charge < -0.3 is 10.5 Å². The van der Waals surface area contributed by atoms with Gasteiger partial charge in [-0.15, -0.1) is 0 Å². The highest BCUT2D eigenvalue weighted by atomic mass is 16.5. The van der Waals surface area contributed by atoms with E-state index in [1.165, 1.54) is 0 Å². The molecule has 3 rings (SSSR count). The minimum Gasteiger partial charge on any atom is -0.493 e. The standard InChI is InChI=1S/C19H21NO2/c1-3-4-11-22-16-10-9-15(20)18-17(16)12(2)13-7-5-6-8-14(13)19(18)21/h6,8-10H,2-5,7,11,20H2,1H3. The number of hydrogen-bond donors (Lipinski definition) is 1. The van der Waals surface area contributed by atoms with Gasteiger partial charge in [-0.3, -0.25) is 4.79 Å². The summed E-state index contributed by atoms with van der Waals surface area (Å²) < 4.78 is 5.89. The van der Waals surface area contributed by atoms with Crippen LogP contribution in [0.5, 0.6) is 5.75 Å². The van der Waals surface area contributed by atoms with E-state index in [1.54, 1.807) is 6.07 Å². The quantitative estimate of drug-likeness (QED) is 0.665. The molecule has 2 aliphatic rings. The second kappa shape index (κ2) is 5.84. The third-order valence-corrected chi connectivity index (χ3v) is 4.26. The van der Waals surface area contributed by atoms with Gasteiger partial charge in [0.1, 0.15) is 5.75 Å². The fraction of sp³-hybridized carbons (Fsp3) is 0.316. The number of anilines is 1. The van der Waals surface area contributed by atoms with Gasteiger partial charge in [0.15, 0.2) is 5.78 Å². The number of unbranched alkanes of at least 4 members (excludes halogenated alkanes) is 1. The first-order chi connectivity index (χ1) is 10.6. The predicted octanol–water partition coefficient (Wildman–Crippen LogP) is 4.30. The summed E-state index contributed by atoms with van der Waals surface area (Å²) in [4.78, 5) is 12.8. The topological polar surface area (TPSA) is 52.3 Å². The molecule has 22 heavy (non-hydrogen) atoms. The van der Waals surface area contributed by atoms with Crippen molar-refractivity contribution in [1.82, 2.24) is 0 Å². The molecule has 0 aliphatic heterocycles. The Kier molecular flexibility index (Phi) is 3.88. The number of fused-ring (bicyclic) bond motifs is 1. The smallest absolute Gasteiger partial charge is 0.196 e. The van der Waals surface area contributed by atoms with Gasteiger partial charge in [0.2, 0.25) is 0 Å². The lowest BCUT2D eigenvalue weighted by atomic mass is 9.77. The maximum Gasteiger partial charge on any atom is 0.196 e. The summed E-state index contributed by atoms with van der Waals surface area (Å²) in [5.41, 5.74) is 10.6. The first-order valence-electron chi connectivity index (χ1n) is 7.84. The summed E-state index contributed by atoms with van der Waals surface area (Å²) in [5, 5.41) is 0. The molecule has 1 aromatic carbocycles. The molecule has 114 valence electrons. The van der Waals surface area contributed by atoms with E-state index < -0.39 is 0 Å². The van der Waals surface area contributed by atoms with Gasteiger partial charge in [-0.05, 0) is 42.5 Å². The number of carbonyl (C=O) groups excluding carboxylic acids is 1. The molecule has 2 aliphatic carbocycles. The maximum absolute atomic E-state index is 12.8. The molecule has 3 heteroatoms. The monoisotopic (exact) mass is 295 g/mol. The minimum atomic E-state index is -0.00760. The molecule has 0 atom stereocenters. The number of allylic oxidation sites excluding steroid dienone is 5. The highest BCUT2D eigenvalue weighted by Gasteiger charge is 2.32. The Morgan fingerprint density at radius 2 is 2.14 bits per heavy atom. The van der Waals surface area contributed by atoms with Crippen LogP contribution >= 0.6 is 0 Å². The second-order valence-electron chi connectivity index (χ2n) is 5.75. The van der Waals surface area contributed by atoms with E-state index >= 15 is 0 Å². The third kappa shape index (κ3) is 2.27. The van der Waals surface area contributed by atoms with Gasteiger partial charge in [-0.1, -0.05) is 32.1 Å². The zero-order valence-electron chi connectivity index (χ0n) is 12.9. The van der Waals surface area contributed by atoms with Crippen LogP contribution in [0.3, 0.4) is 0 Å². The highest BCUT2D eigenvalue weighted by molar-refractivity contribution is 6.22. The number of nitrogen functional groups attached to an aromatic ring is 1. The van der Waals surface area contributed by atoms with Crippen molar-refractivity contribution in [3.63, 3.8) is 0 Å². The number of benzene rings is 1. The fourth-order valence-electron chi connectivity index (χ4n) is 3.07. The summed E-state index contributed by atoms with van der Waals surface area (Å²) in [6, 6.07) is 3.61. The molecule has 0 bridgehead atoms. The molecule has 0 saturated heterocycles. The molecule has 0 amide bonds. The minimum absolute atomic E-state index is 0.00760. The number of nitrogens with two attached hydrogens (primary N) is 1. The third-order valence-electron chi connectivity index (χ3n) is 4.26. The first kappa shape index (κ1) is 14.6. The molecular formula is C19H21NO2. The Bertz CT molecular complexity index is 710. The Hall–Kier alpha value is -2.29. The fourth-order valence-corrected chi connectivity index (χ4v) is 3.07. The van der Waals surface area contributed by atoms with Crippen LogP contribution in [-0.2, 0) is 0 Å². The Morgan fingerprint density at radius 3 is 2.91 bits per heavy atom. The Morgan fingerprint density at radius 1 is 1.32 bits per heavy atom. The maximum atomic E-state index is 12.8. The lowest BCUT2D eigenvalue weighted by Gasteiger charge is -2.27. The van der Waals surface area contributed by atoms with Crippen LogP contribution in [0.2, 0.25) is 0 Å². The van der Waals surface area contributed by atoms with Crippen LogP contribution in [0.1, 0.15) is 48.5 Å². The van der Waals surface area contributed by atoms with Crippen molar-refractivity contribution in [2.24, 2.45) is 0 Å². The van der Waals surface area contributed by atoms with Crippen molar-refractivity contribution in [1.29, 1.82) is 0 Å². The van der Waals surface area contributed by atoms with E-state index in [0.29, 0.717) is 17.9 Å². The molecule has 0 saturated carbocycles. The van der Waals surface area contributed by atoms with E-state index in [4.69, 9.17) is 10.5 Å². The normalized spacial score (nSPS) is 16.6. The molecule has 0 spiro atoms. The zero-order valence-corrected chi connectivity index (χ0v) is 12.9. The van der Waals surface area contributed by atoms with E-state index in [0.717, 1.165) is 53.7 Å². The van der Waals surface area contributed by atoms with Crippen molar-refractivity contribution in [3.05, 3.63) is 53.1 Å². The second-order valence-corrected chi connectivity index (χ2v) is 5.75. The summed E-state index contributed by atoms with van der Waals surface area (Å²) in [6.07, 6.45) is 7.77. The SMILES string of the molecule is C=C1C2=C(C=CCC2)C(=O)c2c(N)ccc(OCCCC)c21. The van der Waals surface area contributed by atoms with Crippen LogP contribution < -0.4 is 10.5 Å². The first-order valence-corrected chi connectivity index (χ1v) is 7.84. The number of Topliss-reactive ketones (excluding diaryl/α,β-unsaturated/α-hetero) is 1. The lowest BCUT2D eigenvalue weighted by Crippen LogP contribution is -2.19. The van der Waals surface area contributed by atoms with E-state index in [1.807, 2.05) is 18.2 Å². The van der Waals surface area contributed by atoms with Crippen molar-refractivity contribution >= 4 is 17.0 Å². The largest absolute Gasteiger partial charge is 0.493 e. The van der Waals surface area contributed by atoms with Crippen LogP contribution in [0.25, 0.3) is 5.57 Å². The zero-order chi connectivity index (χ0) is 15.7. The van der Waals surface area contributed by atoms with Gasteiger partial charge >= 0.3 is 0 Å². The van der Waals surface area contributed by atoms with Crippen molar-refractivity contribution < 1.29 is 9.53 Å². The van der Waals surface area contributed by atoms with Crippen molar-refractivity contribution in [2.45, 2.75) is 32.6 Å². The summed E-state index contributed by atoms with van der Waals surface area (Å²) in [5.74, 6) is 0.712. The van der Waals surface area contributed by atoms with Gasteiger partial charge in [0, 0.05) is 16.8 Å². The molecule has 0 fully saturated rings. The number of hydrogen-bond acceptors (Lipinski definition) is 3.